The maximum atomic E-state index is 11.2. The molecule has 0 amide bonds. The Morgan fingerprint density at radius 3 is 2.31 bits per heavy atom. The summed E-state index contributed by atoms with van der Waals surface area (Å²) < 4.78 is 31.9. The molecule has 6 heteroatoms. The third kappa shape index (κ3) is 5.58. The van der Waals surface area contributed by atoms with Gasteiger partial charge < -0.3 is 9.47 Å². The first kappa shape index (κ1) is 12.4. The van der Waals surface area contributed by atoms with E-state index in [1.165, 1.54) is 14.2 Å². The minimum Gasteiger partial charge on any atom is -0.355 e. The fourth-order valence-corrected chi connectivity index (χ4v) is 1.98. The van der Waals surface area contributed by atoms with Gasteiger partial charge in [0.15, 0.2) is 16.1 Å². The minimum atomic E-state index is -3.24. The maximum Gasteiger partial charge on any atom is 0.170 e. The molecule has 13 heavy (non-hydrogen) atoms. The molecule has 0 saturated heterocycles. The van der Waals surface area contributed by atoms with Gasteiger partial charge in [-0.25, -0.2) is 8.42 Å². The van der Waals surface area contributed by atoms with Crippen molar-refractivity contribution in [2.75, 3.05) is 25.7 Å². The first-order valence-corrected chi connectivity index (χ1v) is 5.51. The second kappa shape index (κ2) is 5.91. The highest BCUT2D eigenvalue weighted by Gasteiger charge is 2.17. The van der Waals surface area contributed by atoms with Crippen LogP contribution >= 0.6 is 0 Å². The number of nitrogens with zero attached hydrogens (tertiary/aromatic N) is 1. The summed E-state index contributed by atoms with van der Waals surface area (Å²) in [6.07, 6.45) is -0.744. The van der Waals surface area contributed by atoms with Crippen LogP contribution in [-0.2, 0) is 19.3 Å². The standard InChI is InChI=1S/C7H13NO4S/c1-11-7(12-2)6-13(9,10)5-3-4-8/h7H,3,5-6H2,1-2H3. The second-order valence-corrected chi connectivity index (χ2v) is 4.65. The smallest absolute Gasteiger partial charge is 0.170 e. The van der Waals surface area contributed by atoms with Crippen molar-refractivity contribution in [1.29, 1.82) is 5.26 Å². The Kier molecular flexibility index (Phi) is 5.62. The summed E-state index contributed by atoms with van der Waals surface area (Å²) in [5, 5.41) is 8.20. The van der Waals surface area contributed by atoms with Crippen molar-refractivity contribution in [2.45, 2.75) is 12.7 Å². The highest BCUT2D eigenvalue weighted by molar-refractivity contribution is 7.91. The van der Waals surface area contributed by atoms with Crippen LogP contribution in [0.4, 0.5) is 0 Å². The molecular weight excluding hydrogens is 194 g/mol. The third-order valence-corrected chi connectivity index (χ3v) is 3.05. The Hall–Kier alpha value is -0.640. The molecule has 0 aliphatic rings. The van der Waals surface area contributed by atoms with Crippen molar-refractivity contribution in [3.05, 3.63) is 0 Å². The molecule has 0 bridgehead atoms. The van der Waals surface area contributed by atoms with Gasteiger partial charge in [0.1, 0.15) is 5.75 Å². The molecule has 0 radical (unpaired) electrons. The Morgan fingerprint density at radius 1 is 1.38 bits per heavy atom. The first-order valence-electron chi connectivity index (χ1n) is 3.68. The van der Waals surface area contributed by atoms with Crippen molar-refractivity contribution < 1.29 is 17.9 Å². The van der Waals surface area contributed by atoms with E-state index in [1.807, 2.05) is 0 Å². The Labute approximate surface area is 78.2 Å². The van der Waals surface area contributed by atoms with E-state index in [-0.39, 0.29) is 17.9 Å². The van der Waals surface area contributed by atoms with Crippen LogP contribution in [0, 0.1) is 11.3 Å². The number of hydrogen-bond donors (Lipinski definition) is 0. The SMILES string of the molecule is COC(CS(=O)(=O)CCC#N)OC. The minimum absolute atomic E-state index is 0.00246. The van der Waals surface area contributed by atoms with Gasteiger partial charge in [-0.15, -0.1) is 0 Å². The molecular formula is C7H13NO4S. The highest BCUT2D eigenvalue weighted by Crippen LogP contribution is 2.00. The number of sulfone groups is 1. The van der Waals surface area contributed by atoms with Crippen molar-refractivity contribution in [3.63, 3.8) is 0 Å². The van der Waals surface area contributed by atoms with E-state index in [2.05, 4.69) is 0 Å². The predicted molar refractivity (Wildman–Crippen MR) is 46.7 cm³/mol. The molecule has 0 rings (SSSR count). The number of rotatable bonds is 6. The third-order valence-electron chi connectivity index (χ3n) is 1.44. The first-order chi connectivity index (χ1) is 6.05. The number of ether oxygens (including phenoxy) is 2. The normalized spacial score (nSPS) is 11.5. The molecule has 0 aliphatic carbocycles. The zero-order chi connectivity index (χ0) is 10.3. The van der Waals surface area contributed by atoms with Crippen LogP contribution in [-0.4, -0.2) is 40.4 Å². The summed E-state index contributed by atoms with van der Waals surface area (Å²) in [7, 11) is -0.502. The van der Waals surface area contributed by atoms with Gasteiger partial charge in [-0.05, 0) is 0 Å². The lowest BCUT2D eigenvalue weighted by atomic mass is 10.6. The summed E-state index contributed by atoms with van der Waals surface area (Å²) in [6, 6.07) is 1.77. The van der Waals surface area contributed by atoms with Crippen LogP contribution in [0.25, 0.3) is 0 Å². The molecule has 76 valence electrons. The van der Waals surface area contributed by atoms with E-state index in [0.29, 0.717) is 0 Å². The van der Waals surface area contributed by atoms with E-state index in [1.54, 1.807) is 6.07 Å². The van der Waals surface area contributed by atoms with Crippen molar-refractivity contribution in [3.8, 4) is 6.07 Å². The summed E-state index contributed by atoms with van der Waals surface area (Å²) >= 11 is 0. The van der Waals surface area contributed by atoms with E-state index in [9.17, 15) is 8.42 Å². The lowest BCUT2D eigenvalue weighted by Gasteiger charge is -2.12. The molecule has 0 unspecified atom stereocenters. The average Bonchev–Trinajstić information content (AvgIpc) is 2.11. The molecule has 0 fully saturated rings. The largest absolute Gasteiger partial charge is 0.355 e. The number of hydrogen-bond acceptors (Lipinski definition) is 5. The Bertz CT molecular complexity index is 263. The average molecular weight is 207 g/mol. The highest BCUT2D eigenvalue weighted by atomic mass is 32.2. The molecule has 0 spiro atoms. The zero-order valence-corrected chi connectivity index (χ0v) is 8.50. The summed E-state index contributed by atoms with van der Waals surface area (Å²) in [6.45, 7) is 0. The Morgan fingerprint density at radius 2 is 1.92 bits per heavy atom. The molecule has 0 aromatic heterocycles. The topological polar surface area (TPSA) is 76.4 Å². The van der Waals surface area contributed by atoms with Gasteiger partial charge in [-0.2, -0.15) is 5.26 Å². The van der Waals surface area contributed by atoms with Gasteiger partial charge in [0.05, 0.1) is 11.8 Å². The van der Waals surface area contributed by atoms with E-state index in [0.717, 1.165) is 0 Å². The molecule has 0 aromatic carbocycles. The number of methoxy groups -OCH3 is 2. The predicted octanol–water partition coefficient (Wildman–Crippen LogP) is -0.0662. The van der Waals surface area contributed by atoms with Crippen molar-refractivity contribution in [1.82, 2.24) is 0 Å². The molecule has 0 aromatic rings. The zero-order valence-electron chi connectivity index (χ0n) is 7.69. The van der Waals surface area contributed by atoms with E-state index in [4.69, 9.17) is 14.7 Å². The van der Waals surface area contributed by atoms with Crippen LogP contribution in [0.15, 0.2) is 0 Å². The fraction of sp³-hybridized carbons (Fsp3) is 0.857. The van der Waals surface area contributed by atoms with Gasteiger partial charge in [-0.3, -0.25) is 0 Å². The molecule has 0 N–H and O–H groups in total. The molecule has 0 heterocycles. The molecule has 0 atom stereocenters. The van der Waals surface area contributed by atoms with Crippen molar-refractivity contribution in [2.24, 2.45) is 0 Å². The molecule has 5 nitrogen and oxygen atoms in total. The molecule has 0 aliphatic heterocycles. The van der Waals surface area contributed by atoms with Gasteiger partial charge >= 0.3 is 0 Å². The van der Waals surface area contributed by atoms with Crippen LogP contribution in [0.2, 0.25) is 0 Å². The summed E-state index contributed by atoms with van der Waals surface area (Å²) in [4.78, 5) is 0. The lowest BCUT2D eigenvalue weighted by molar-refractivity contribution is -0.0851. The summed E-state index contributed by atoms with van der Waals surface area (Å²) in [5.74, 6) is -0.353. The monoisotopic (exact) mass is 207 g/mol. The second-order valence-electron chi connectivity index (χ2n) is 2.42. The van der Waals surface area contributed by atoms with Crippen molar-refractivity contribution >= 4 is 9.84 Å². The lowest BCUT2D eigenvalue weighted by Crippen LogP contribution is -2.26. The summed E-state index contributed by atoms with van der Waals surface area (Å²) in [5.41, 5.74) is 0. The maximum absolute atomic E-state index is 11.2. The van der Waals surface area contributed by atoms with E-state index >= 15 is 0 Å². The van der Waals surface area contributed by atoms with Crippen LogP contribution in [0.3, 0.4) is 0 Å². The molecule has 0 saturated carbocycles. The Balaban J connectivity index is 4.09. The van der Waals surface area contributed by atoms with Gasteiger partial charge in [0.2, 0.25) is 0 Å². The van der Waals surface area contributed by atoms with Gasteiger partial charge in [-0.1, -0.05) is 0 Å². The number of nitriles is 1. The van der Waals surface area contributed by atoms with Crippen LogP contribution in [0.1, 0.15) is 6.42 Å². The van der Waals surface area contributed by atoms with E-state index < -0.39 is 16.1 Å². The van der Waals surface area contributed by atoms with Gasteiger partial charge in [0.25, 0.3) is 0 Å². The van der Waals surface area contributed by atoms with Crippen LogP contribution < -0.4 is 0 Å². The van der Waals surface area contributed by atoms with Crippen LogP contribution in [0.5, 0.6) is 0 Å². The van der Waals surface area contributed by atoms with Gasteiger partial charge in [0, 0.05) is 20.6 Å². The quantitative estimate of drug-likeness (QED) is 0.570. The fourth-order valence-electron chi connectivity index (χ4n) is 0.724.